The fourth-order valence-electron chi connectivity index (χ4n) is 1.54. The van der Waals surface area contributed by atoms with Gasteiger partial charge in [-0.3, -0.25) is 0 Å². The quantitative estimate of drug-likeness (QED) is 0.713. The van der Waals surface area contributed by atoms with Gasteiger partial charge in [0, 0.05) is 5.41 Å². The van der Waals surface area contributed by atoms with Gasteiger partial charge in [0.25, 0.3) is 0 Å². The summed E-state index contributed by atoms with van der Waals surface area (Å²) in [5, 5.41) is 9.26. The summed E-state index contributed by atoms with van der Waals surface area (Å²) in [6, 6.07) is 0. The summed E-state index contributed by atoms with van der Waals surface area (Å²) in [5.74, 6) is 0. The number of rotatable bonds is 2. The topological polar surface area (TPSA) is 29.5 Å². The third kappa shape index (κ3) is 2.47. The molecule has 0 spiro atoms. The fourth-order valence-corrected chi connectivity index (χ4v) is 1.54. The molecule has 0 amide bonds. The molecule has 0 radical (unpaired) electrons. The second-order valence-electron chi connectivity index (χ2n) is 5.36. The second-order valence-corrected chi connectivity index (χ2v) is 5.36. The SMILES string of the molecule is CC(C)(C)CC1OC=CC1(C)CO. The van der Waals surface area contributed by atoms with Gasteiger partial charge in [-0.2, -0.15) is 0 Å². The highest BCUT2D eigenvalue weighted by atomic mass is 16.5. The van der Waals surface area contributed by atoms with Crippen molar-refractivity contribution in [3.63, 3.8) is 0 Å². The summed E-state index contributed by atoms with van der Waals surface area (Å²) < 4.78 is 5.49. The Kier molecular flexibility index (Phi) is 2.71. The molecule has 2 heteroatoms. The molecule has 0 bridgehead atoms. The summed E-state index contributed by atoms with van der Waals surface area (Å²) in [4.78, 5) is 0. The minimum atomic E-state index is -0.187. The van der Waals surface area contributed by atoms with Crippen LogP contribution in [0.4, 0.5) is 0 Å². The van der Waals surface area contributed by atoms with Gasteiger partial charge in [0.15, 0.2) is 0 Å². The van der Waals surface area contributed by atoms with E-state index >= 15 is 0 Å². The average Bonchev–Trinajstić information content (AvgIpc) is 2.31. The molecule has 0 aromatic heterocycles. The van der Waals surface area contributed by atoms with Crippen molar-refractivity contribution in [1.82, 2.24) is 0 Å². The van der Waals surface area contributed by atoms with Crippen LogP contribution in [0.1, 0.15) is 34.1 Å². The summed E-state index contributed by atoms with van der Waals surface area (Å²) in [6.45, 7) is 8.75. The van der Waals surface area contributed by atoms with E-state index in [-0.39, 0.29) is 23.5 Å². The van der Waals surface area contributed by atoms with Crippen LogP contribution in [0.3, 0.4) is 0 Å². The first-order chi connectivity index (χ1) is 5.87. The Morgan fingerprint density at radius 3 is 2.54 bits per heavy atom. The molecule has 0 saturated carbocycles. The maximum absolute atomic E-state index is 9.26. The van der Waals surface area contributed by atoms with Crippen molar-refractivity contribution < 1.29 is 9.84 Å². The first-order valence-electron chi connectivity index (χ1n) is 4.81. The Hall–Kier alpha value is -0.500. The van der Waals surface area contributed by atoms with Crippen LogP contribution in [0, 0.1) is 10.8 Å². The van der Waals surface area contributed by atoms with Gasteiger partial charge in [-0.05, 0) is 17.9 Å². The van der Waals surface area contributed by atoms with Crippen LogP contribution in [0.5, 0.6) is 0 Å². The maximum atomic E-state index is 9.26. The normalized spacial score (nSPS) is 33.5. The zero-order valence-corrected chi connectivity index (χ0v) is 9.00. The van der Waals surface area contributed by atoms with E-state index in [1.165, 1.54) is 0 Å². The molecule has 2 nitrogen and oxygen atoms in total. The first kappa shape index (κ1) is 10.6. The molecule has 1 aliphatic rings. The highest BCUT2D eigenvalue weighted by Crippen LogP contribution is 2.37. The van der Waals surface area contributed by atoms with Gasteiger partial charge in [-0.15, -0.1) is 0 Å². The molecule has 1 aliphatic heterocycles. The van der Waals surface area contributed by atoms with Crippen molar-refractivity contribution in [2.24, 2.45) is 10.8 Å². The first-order valence-corrected chi connectivity index (χ1v) is 4.81. The molecule has 0 fully saturated rings. The summed E-state index contributed by atoms with van der Waals surface area (Å²) in [6.07, 6.45) is 4.77. The molecule has 76 valence electrons. The Morgan fingerprint density at radius 1 is 1.46 bits per heavy atom. The lowest BCUT2D eigenvalue weighted by molar-refractivity contribution is 0.0177. The predicted octanol–water partition coefficient (Wildman–Crippen LogP) is 2.33. The second kappa shape index (κ2) is 3.33. The third-order valence-corrected chi connectivity index (χ3v) is 2.57. The molecule has 0 aromatic carbocycles. The molecule has 0 aromatic rings. The Morgan fingerprint density at radius 2 is 2.08 bits per heavy atom. The molecule has 1 rings (SSSR count). The smallest absolute Gasteiger partial charge is 0.109 e. The lowest BCUT2D eigenvalue weighted by Crippen LogP contribution is -2.34. The Labute approximate surface area is 80.6 Å². The van der Waals surface area contributed by atoms with Crippen molar-refractivity contribution in [1.29, 1.82) is 0 Å². The minimum absolute atomic E-state index is 0.123. The largest absolute Gasteiger partial charge is 0.497 e. The van der Waals surface area contributed by atoms with Gasteiger partial charge in [0.05, 0.1) is 12.9 Å². The third-order valence-electron chi connectivity index (χ3n) is 2.57. The maximum Gasteiger partial charge on any atom is 0.109 e. The summed E-state index contributed by atoms with van der Waals surface area (Å²) >= 11 is 0. The van der Waals surface area contributed by atoms with Crippen LogP contribution in [-0.2, 0) is 4.74 Å². The van der Waals surface area contributed by atoms with E-state index in [1.807, 2.05) is 13.0 Å². The molecular weight excluding hydrogens is 164 g/mol. The number of ether oxygens (including phenoxy) is 1. The van der Waals surface area contributed by atoms with Crippen LogP contribution < -0.4 is 0 Å². The van der Waals surface area contributed by atoms with Crippen molar-refractivity contribution >= 4 is 0 Å². The van der Waals surface area contributed by atoms with Crippen LogP contribution >= 0.6 is 0 Å². The van der Waals surface area contributed by atoms with Crippen molar-refractivity contribution in [3.8, 4) is 0 Å². The average molecular weight is 184 g/mol. The number of aliphatic hydroxyl groups is 1. The molecular formula is C11H20O2. The van der Waals surface area contributed by atoms with E-state index in [2.05, 4.69) is 20.8 Å². The number of hydrogen-bond acceptors (Lipinski definition) is 2. The van der Waals surface area contributed by atoms with Crippen molar-refractivity contribution in [2.75, 3.05) is 6.61 Å². The van der Waals surface area contributed by atoms with Gasteiger partial charge in [-0.25, -0.2) is 0 Å². The molecule has 13 heavy (non-hydrogen) atoms. The molecule has 0 saturated heterocycles. The highest BCUT2D eigenvalue weighted by Gasteiger charge is 2.38. The van der Waals surface area contributed by atoms with Gasteiger partial charge in [0.2, 0.25) is 0 Å². The molecule has 2 unspecified atom stereocenters. The molecule has 0 aliphatic carbocycles. The zero-order valence-electron chi connectivity index (χ0n) is 9.00. The van der Waals surface area contributed by atoms with Crippen LogP contribution in [-0.4, -0.2) is 17.8 Å². The summed E-state index contributed by atoms with van der Waals surface area (Å²) in [7, 11) is 0. The van der Waals surface area contributed by atoms with E-state index in [9.17, 15) is 5.11 Å². The molecule has 2 atom stereocenters. The van der Waals surface area contributed by atoms with E-state index in [4.69, 9.17) is 4.74 Å². The standard InChI is InChI=1S/C11H20O2/c1-10(2,3)7-9-11(4,8-12)5-6-13-9/h5-6,9,12H,7-8H2,1-4H3. The van der Waals surface area contributed by atoms with E-state index in [0.29, 0.717) is 0 Å². The Balaban J connectivity index is 2.62. The van der Waals surface area contributed by atoms with Gasteiger partial charge >= 0.3 is 0 Å². The lowest BCUT2D eigenvalue weighted by Gasteiger charge is -2.32. The monoisotopic (exact) mass is 184 g/mol. The van der Waals surface area contributed by atoms with Gasteiger partial charge in [-0.1, -0.05) is 27.7 Å². The van der Waals surface area contributed by atoms with E-state index in [0.717, 1.165) is 6.42 Å². The highest BCUT2D eigenvalue weighted by molar-refractivity contribution is 5.05. The number of hydrogen-bond donors (Lipinski definition) is 1. The predicted molar refractivity (Wildman–Crippen MR) is 53.3 cm³/mol. The Bertz CT molecular complexity index is 203. The molecule has 1 N–H and O–H groups in total. The number of aliphatic hydroxyl groups excluding tert-OH is 1. The van der Waals surface area contributed by atoms with Crippen molar-refractivity contribution in [2.45, 2.75) is 40.2 Å². The van der Waals surface area contributed by atoms with Gasteiger partial charge < -0.3 is 9.84 Å². The van der Waals surface area contributed by atoms with Crippen LogP contribution in [0.25, 0.3) is 0 Å². The lowest BCUT2D eigenvalue weighted by atomic mass is 9.78. The summed E-state index contributed by atoms with van der Waals surface area (Å²) in [5.41, 5.74) is 0.0559. The van der Waals surface area contributed by atoms with Gasteiger partial charge in [0.1, 0.15) is 6.10 Å². The van der Waals surface area contributed by atoms with E-state index in [1.54, 1.807) is 6.26 Å². The zero-order chi connectivity index (χ0) is 10.1. The molecule has 1 heterocycles. The van der Waals surface area contributed by atoms with Crippen LogP contribution in [0.15, 0.2) is 12.3 Å². The minimum Gasteiger partial charge on any atom is -0.497 e. The fraction of sp³-hybridized carbons (Fsp3) is 0.818. The van der Waals surface area contributed by atoms with Crippen LogP contribution in [0.2, 0.25) is 0 Å². The van der Waals surface area contributed by atoms with E-state index < -0.39 is 0 Å². The van der Waals surface area contributed by atoms with Crippen molar-refractivity contribution in [3.05, 3.63) is 12.3 Å².